The number of ether oxygens (including phenoxy) is 1. The summed E-state index contributed by atoms with van der Waals surface area (Å²) in [6, 6.07) is 0. The summed E-state index contributed by atoms with van der Waals surface area (Å²) in [5.74, 6) is 0.825. The molecule has 1 atom stereocenters. The molecule has 0 bridgehead atoms. The topological polar surface area (TPSA) is 9.23 Å². The van der Waals surface area contributed by atoms with Crippen LogP contribution in [0, 0.1) is 16.7 Å². The van der Waals surface area contributed by atoms with E-state index in [1.54, 1.807) is 0 Å². The van der Waals surface area contributed by atoms with Crippen LogP contribution in [-0.4, -0.2) is 13.2 Å². The second-order valence-electron chi connectivity index (χ2n) is 6.98. The van der Waals surface area contributed by atoms with Gasteiger partial charge < -0.3 is 4.74 Å². The van der Waals surface area contributed by atoms with Crippen molar-refractivity contribution in [3.63, 3.8) is 0 Å². The highest BCUT2D eigenvalue weighted by Crippen LogP contribution is 2.49. The van der Waals surface area contributed by atoms with E-state index in [1.807, 2.05) is 0 Å². The maximum Gasteiger partial charge on any atom is 0.0547 e. The zero-order valence-electron chi connectivity index (χ0n) is 12.6. The second-order valence-corrected chi connectivity index (χ2v) is 6.98. The Labute approximate surface area is 108 Å². The van der Waals surface area contributed by atoms with Crippen molar-refractivity contribution >= 4 is 0 Å². The fourth-order valence-electron chi connectivity index (χ4n) is 3.45. The lowest BCUT2D eigenvalue weighted by molar-refractivity contribution is -0.172. The Hall–Kier alpha value is -0.0400. The average molecular weight is 240 g/mol. The van der Waals surface area contributed by atoms with Crippen LogP contribution < -0.4 is 0 Å². The molecule has 1 heteroatoms. The molecule has 0 aromatic carbocycles. The van der Waals surface area contributed by atoms with Crippen LogP contribution in [0.1, 0.15) is 73.1 Å². The number of hydrogen-bond acceptors (Lipinski definition) is 1. The third kappa shape index (κ3) is 3.71. The molecule has 0 aliphatic carbocycles. The van der Waals surface area contributed by atoms with E-state index in [-0.39, 0.29) is 0 Å². The Kier molecular flexibility index (Phi) is 5.50. The Morgan fingerprint density at radius 1 is 1.06 bits per heavy atom. The zero-order valence-corrected chi connectivity index (χ0v) is 12.6. The van der Waals surface area contributed by atoms with Crippen LogP contribution in [0.2, 0.25) is 0 Å². The summed E-state index contributed by atoms with van der Waals surface area (Å²) in [5, 5.41) is 0. The van der Waals surface area contributed by atoms with Gasteiger partial charge in [-0.25, -0.2) is 0 Å². The van der Waals surface area contributed by atoms with Crippen LogP contribution in [0.3, 0.4) is 0 Å². The first-order chi connectivity index (χ1) is 7.96. The highest BCUT2D eigenvalue weighted by atomic mass is 16.5. The third-order valence-electron chi connectivity index (χ3n) is 4.61. The van der Waals surface area contributed by atoms with Crippen molar-refractivity contribution in [3.05, 3.63) is 0 Å². The van der Waals surface area contributed by atoms with Crippen molar-refractivity contribution in [2.24, 2.45) is 16.7 Å². The molecule has 1 heterocycles. The lowest BCUT2D eigenvalue weighted by Gasteiger charge is -2.52. The van der Waals surface area contributed by atoms with E-state index in [2.05, 4.69) is 34.6 Å². The van der Waals surface area contributed by atoms with Crippen LogP contribution in [0.25, 0.3) is 0 Å². The highest BCUT2D eigenvalue weighted by Gasteiger charge is 2.48. The second kappa shape index (κ2) is 6.22. The van der Waals surface area contributed by atoms with Crippen LogP contribution in [-0.2, 0) is 4.74 Å². The van der Waals surface area contributed by atoms with Crippen LogP contribution in [0.15, 0.2) is 0 Å². The van der Waals surface area contributed by atoms with Gasteiger partial charge in [-0.15, -0.1) is 0 Å². The molecule has 1 nitrogen and oxygen atoms in total. The van der Waals surface area contributed by atoms with Gasteiger partial charge in [0.05, 0.1) is 13.2 Å². The number of hydrogen-bond donors (Lipinski definition) is 0. The van der Waals surface area contributed by atoms with Crippen molar-refractivity contribution in [3.8, 4) is 0 Å². The minimum absolute atomic E-state index is 0.423. The molecule has 1 aliphatic heterocycles. The van der Waals surface area contributed by atoms with Crippen LogP contribution in [0.5, 0.6) is 0 Å². The molecule has 1 aliphatic rings. The van der Waals surface area contributed by atoms with Gasteiger partial charge in [0.1, 0.15) is 0 Å². The Morgan fingerprint density at radius 2 is 1.71 bits per heavy atom. The predicted molar refractivity (Wildman–Crippen MR) is 75.2 cm³/mol. The molecule has 0 saturated carbocycles. The molecule has 1 saturated heterocycles. The van der Waals surface area contributed by atoms with E-state index in [9.17, 15) is 0 Å². The highest BCUT2D eigenvalue weighted by molar-refractivity contribution is 4.95. The fraction of sp³-hybridized carbons (Fsp3) is 1.00. The molecule has 0 spiro atoms. The first-order valence-electron chi connectivity index (χ1n) is 7.54. The summed E-state index contributed by atoms with van der Waals surface area (Å²) in [4.78, 5) is 0. The smallest absolute Gasteiger partial charge is 0.0547 e. The monoisotopic (exact) mass is 240 g/mol. The molecule has 1 rings (SSSR count). The van der Waals surface area contributed by atoms with Crippen molar-refractivity contribution < 1.29 is 4.74 Å². The minimum Gasteiger partial charge on any atom is -0.380 e. The predicted octanol–water partition coefficient (Wildman–Crippen LogP) is 5.05. The van der Waals surface area contributed by atoms with E-state index in [4.69, 9.17) is 4.74 Å². The quantitative estimate of drug-likeness (QED) is 0.566. The average Bonchev–Trinajstić information content (AvgIpc) is 2.19. The normalized spacial score (nSPS) is 21.0. The summed E-state index contributed by atoms with van der Waals surface area (Å²) in [5.41, 5.74) is 0.913. The van der Waals surface area contributed by atoms with Crippen LogP contribution >= 0.6 is 0 Å². The van der Waals surface area contributed by atoms with Gasteiger partial charge in [0.15, 0.2) is 0 Å². The van der Waals surface area contributed by atoms with E-state index in [0.717, 1.165) is 19.1 Å². The first kappa shape index (κ1) is 15.0. The SMILES string of the molecule is CCCCCCC(C(C)(C)C)C1(CC)COC1. The molecule has 1 unspecified atom stereocenters. The van der Waals surface area contributed by atoms with Crippen molar-refractivity contribution in [1.29, 1.82) is 0 Å². The Morgan fingerprint density at radius 3 is 2.06 bits per heavy atom. The van der Waals surface area contributed by atoms with E-state index in [0.29, 0.717) is 10.8 Å². The third-order valence-corrected chi connectivity index (χ3v) is 4.61. The van der Waals surface area contributed by atoms with Crippen molar-refractivity contribution in [1.82, 2.24) is 0 Å². The molecule has 1 fully saturated rings. The number of rotatable bonds is 7. The molecule has 0 radical (unpaired) electrons. The van der Waals surface area contributed by atoms with Gasteiger partial charge in [0.2, 0.25) is 0 Å². The lowest BCUT2D eigenvalue weighted by atomic mass is 9.60. The molecule has 102 valence electrons. The zero-order chi connectivity index (χ0) is 12.9. The van der Waals surface area contributed by atoms with E-state index >= 15 is 0 Å². The Bertz CT molecular complexity index is 205. The maximum absolute atomic E-state index is 5.53. The molecule has 0 amide bonds. The molecule has 0 N–H and O–H groups in total. The fourth-order valence-corrected chi connectivity index (χ4v) is 3.45. The summed E-state index contributed by atoms with van der Waals surface area (Å²) < 4.78 is 5.53. The summed E-state index contributed by atoms with van der Waals surface area (Å²) in [7, 11) is 0. The summed E-state index contributed by atoms with van der Waals surface area (Å²) in [6.07, 6.45) is 8.21. The minimum atomic E-state index is 0.423. The van der Waals surface area contributed by atoms with Crippen molar-refractivity contribution in [2.75, 3.05) is 13.2 Å². The van der Waals surface area contributed by atoms with E-state index < -0.39 is 0 Å². The molecule has 17 heavy (non-hydrogen) atoms. The number of unbranched alkanes of at least 4 members (excludes halogenated alkanes) is 3. The first-order valence-corrected chi connectivity index (χ1v) is 7.54. The molecule has 0 aromatic rings. The van der Waals surface area contributed by atoms with Gasteiger partial charge >= 0.3 is 0 Å². The standard InChI is InChI=1S/C16H32O/c1-6-8-9-10-11-14(15(3,4)5)16(7-2)12-17-13-16/h14H,6-13H2,1-5H3. The summed E-state index contributed by atoms with van der Waals surface area (Å²) >= 11 is 0. The largest absolute Gasteiger partial charge is 0.380 e. The van der Waals surface area contributed by atoms with Gasteiger partial charge in [-0.3, -0.25) is 0 Å². The molecule has 0 aromatic heterocycles. The van der Waals surface area contributed by atoms with Gasteiger partial charge in [-0.05, 0) is 24.2 Å². The van der Waals surface area contributed by atoms with Gasteiger partial charge in [-0.1, -0.05) is 60.3 Å². The summed E-state index contributed by atoms with van der Waals surface area (Å²) in [6.45, 7) is 13.9. The van der Waals surface area contributed by atoms with Gasteiger partial charge in [0, 0.05) is 5.41 Å². The Balaban J connectivity index is 2.55. The van der Waals surface area contributed by atoms with Crippen LogP contribution in [0.4, 0.5) is 0 Å². The maximum atomic E-state index is 5.53. The van der Waals surface area contributed by atoms with E-state index in [1.165, 1.54) is 38.5 Å². The van der Waals surface area contributed by atoms with Gasteiger partial charge in [-0.2, -0.15) is 0 Å². The molecular formula is C16H32O. The van der Waals surface area contributed by atoms with Gasteiger partial charge in [0.25, 0.3) is 0 Å². The lowest BCUT2D eigenvalue weighted by Crippen LogP contribution is -2.52. The van der Waals surface area contributed by atoms with Crippen molar-refractivity contribution in [2.45, 2.75) is 73.1 Å². The molecular weight excluding hydrogens is 208 g/mol.